The first-order valence-electron chi connectivity index (χ1n) is 11.3. The SMILES string of the molecule is Cc1ccc(S(=O)(=O)N(C)CC(=O)N(c2ccc(OC(=O)N(C)C)cc2)[C@@H](C)C(=O)OC(C)C)cc1. The quantitative estimate of drug-likeness (QED) is 0.468. The second kappa shape index (κ2) is 12.0. The van der Waals surface area contributed by atoms with Gasteiger partial charge in [-0.2, -0.15) is 4.31 Å². The fraction of sp³-hybridized carbons (Fsp3) is 0.400. The predicted octanol–water partition coefficient (Wildman–Crippen LogP) is 3.05. The standard InChI is InChI=1S/C25H33N3O7S/c1-17(2)34-24(30)19(4)28(20-10-12-21(13-11-20)35-25(31)26(5)6)23(29)16-27(7)36(32,33)22-14-8-18(3)9-15-22/h8-15,17,19H,16H2,1-7H3/t19-/m0/s1. The van der Waals surface area contributed by atoms with Gasteiger partial charge < -0.3 is 14.4 Å². The minimum atomic E-state index is -3.95. The van der Waals surface area contributed by atoms with Crippen LogP contribution in [0.25, 0.3) is 0 Å². The highest BCUT2D eigenvalue weighted by atomic mass is 32.2. The summed E-state index contributed by atoms with van der Waals surface area (Å²) in [5, 5.41) is 0. The van der Waals surface area contributed by atoms with E-state index in [2.05, 4.69) is 0 Å². The van der Waals surface area contributed by atoms with E-state index in [9.17, 15) is 22.8 Å². The number of carbonyl (C=O) groups excluding carboxylic acids is 3. The minimum Gasteiger partial charge on any atom is -0.461 e. The molecule has 1 atom stereocenters. The number of aryl methyl sites for hydroxylation is 1. The van der Waals surface area contributed by atoms with Crippen molar-refractivity contribution in [2.24, 2.45) is 0 Å². The number of benzene rings is 2. The summed E-state index contributed by atoms with van der Waals surface area (Å²) in [4.78, 5) is 40.4. The molecule has 0 spiro atoms. The summed E-state index contributed by atoms with van der Waals surface area (Å²) < 4.78 is 37.4. The Morgan fingerprint density at radius 1 is 0.889 bits per heavy atom. The molecule has 10 nitrogen and oxygen atoms in total. The second-order valence-corrected chi connectivity index (χ2v) is 10.8. The molecule has 0 aliphatic carbocycles. The number of hydrogen-bond donors (Lipinski definition) is 0. The fourth-order valence-corrected chi connectivity index (χ4v) is 4.25. The van der Waals surface area contributed by atoms with E-state index in [0.717, 1.165) is 9.87 Å². The Bertz CT molecular complexity index is 1180. The number of ether oxygens (including phenoxy) is 2. The first-order valence-corrected chi connectivity index (χ1v) is 12.7. The summed E-state index contributed by atoms with van der Waals surface area (Å²) in [7, 11) is 0.429. The van der Waals surface area contributed by atoms with Gasteiger partial charge in [0.05, 0.1) is 17.5 Å². The zero-order valence-electron chi connectivity index (χ0n) is 21.6. The first-order chi connectivity index (χ1) is 16.7. The van der Waals surface area contributed by atoms with E-state index in [0.29, 0.717) is 5.69 Å². The smallest absolute Gasteiger partial charge is 0.414 e. The molecule has 0 aliphatic rings. The van der Waals surface area contributed by atoms with Crippen molar-refractivity contribution in [3.05, 3.63) is 54.1 Å². The van der Waals surface area contributed by atoms with E-state index in [1.165, 1.54) is 60.2 Å². The van der Waals surface area contributed by atoms with Crippen molar-refractivity contribution in [3.8, 4) is 5.75 Å². The van der Waals surface area contributed by atoms with Gasteiger partial charge in [0.1, 0.15) is 11.8 Å². The van der Waals surface area contributed by atoms with Crippen LogP contribution in [-0.4, -0.2) is 75.4 Å². The van der Waals surface area contributed by atoms with Gasteiger partial charge in [-0.1, -0.05) is 17.7 Å². The van der Waals surface area contributed by atoms with Crippen molar-refractivity contribution in [3.63, 3.8) is 0 Å². The molecule has 36 heavy (non-hydrogen) atoms. The maximum atomic E-state index is 13.4. The molecule has 196 valence electrons. The minimum absolute atomic E-state index is 0.0503. The Morgan fingerprint density at radius 3 is 1.94 bits per heavy atom. The van der Waals surface area contributed by atoms with Gasteiger partial charge in [0.2, 0.25) is 15.9 Å². The number of carbonyl (C=O) groups is 3. The lowest BCUT2D eigenvalue weighted by Crippen LogP contribution is -2.49. The van der Waals surface area contributed by atoms with Crippen molar-refractivity contribution in [2.75, 3.05) is 32.6 Å². The molecule has 0 aliphatic heterocycles. The Balaban J connectivity index is 2.35. The van der Waals surface area contributed by atoms with E-state index in [1.807, 2.05) is 6.92 Å². The third kappa shape index (κ3) is 7.28. The maximum absolute atomic E-state index is 13.4. The number of nitrogens with zero attached hydrogens (tertiary/aromatic N) is 3. The molecule has 0 bridgehead atoms. The molecule has 2 aromatic rings. The van der Waals surface area contributed by atoms with Crippen molar-refractivity contribution in [1.29, 1.82) is 0 Å². The average molecular weight is 520 g/mol. The van der Waals surface area contributed by atoms with Crippen LogP contribution in [0.5, 0.6) is 5.75 Å². The summed E-state index contributed by atoms with van der Waals surface area (Å²) in [5.74, 6) is -1.05. The van der Waals surface area contributed by atoms with E-state index in [-0.39, 0.29) is 10.6 Å². The number of amides is 2. The summed E-state index contributed by atoms with van der Waals surface area (Å²) in [5.41, 5.74) is 1.20. The Kier molecular flexibility index (Phi) is 9.60. The number of hydrogen-bond acceptors (Lipinski definition) is 7. The number of esters is 1. The molecule has 0 unspecified atom stereocenters. The van der Waals surface area contributed by atoms with Crippen molar-refractivity contribution >= 4 is 33.7 Å². The lowest BCUT2D eigenvalue weighted by molar-refractivity contribution is -0.149. The molecule has 2 amide bonds. The largest absolute Gasteiger partial charge is 0.461 e. The van der Waals surface area contributed by atoms with Crippen molar-refractivity contribution < 1.29 is 32.3 Å². The fourth-order valence-electron chi connectivity index (χ4n) is 3.13. The van der Waals surface area contributed by atoms with Crippen LogP contribution in [0.2, 0.25) is 0 Å². The highest BCUT2D eigenvalue weighted by molar-refractivity contribution is 7.89. The Labute approximate surface area is 212 Å². The average Bonchev–Trinajstić information content (AvgIpc) is 2.79. The monoisotopic (exact) mass is 519 g/mol. The van der Waals surface area contributed by atoms with Crippen LogP contribution < -0.4 is 9.64 Å². The number of likely N-dealkylation sites (N-methyl/N-ethyl adjacent to an activating group) is 1. The normalized spacial score (nSPS) is 12.2. The van der Waals surface area contributed by atoms with E-state index < -0.39 is 46.7 Å². The van der Waals surface area contributed by atoms with Crippen LogP contribution in [0.3, 0.4) is 0 Å². The van der Waals surface area contributed by atoms with Gasteiger partial charge in [-0.25, -0.2) is 18.0 Å². The molecule has 2 rings (SSSR count). The summed E-state index contributed by atoms with van der Waals surface area (Å²) in [6.07, 6.45) is -0.984. The number of anilines is 1. The molecule has 0 fully saturated rings. The molecule has 0 N–H and O–H groups in total. The molecule has 0 saturated heterocycles. The predicted molar refractivity (Wildman–Crippen MR) is 135 cm³/mol. The summed E-state index contributed by atoms with van der Waals surface area (Å²) in [6.45, 7) is 6.19. The molecule has 0 aromatic heterocycles. The number of rotatable bonds is 9. The Hall–Kier alpha value is -3.44. The van der Waals surface area contributed by atoms with Crippen molar-refractivity contribution in [2.45, 2.75) is 44.7 Å². The summed E-state index contributed by atoms with van der Waals surface area (Å²) >= 11 is 0. The Morgan fingerprint density at radius 2 is 1.44 bits per heavy atom. The van der Waals surface area contributed by atoms with Gasteiger partial charge in [0.25, 0.3) is 0 Å². The molecule has 0 radical (unpaired) electrons. The zero-order chi connectivity index (χ0) is 27.2. The van der Waals surface area contributed by atoms with E-state index in [1.54, 1.807) is 40.1 Å². The van der Waals surface area contributed by atoms with Gasteiger partial charge >= 0.3 is 12.1 Å². The zero-order valence-corrected chi connectivity index (χ0v) is 22.4. The highest BCUT2D eigenvalue weighted by Gasteiger charge is 2.32. The van der Waals surface area contributed by atoms with Gasteiger partial charge in [-0.05, 0) is 64.1 Å². The van der Waals surface area contributed by atoms with Crippen LogP contribution >= 0.6 is 0 Å². The van der Waals surface area contributed by atoms with Gasteiger partial charge in [0, 0.05) is 26.8 Å². The van der Waals surface area contributed by atoms with Gasteiger partial charge in [0.15, 0.2) is 0 Å². The lowest BCUT2D eigenvalue weighted by atomic mass is 10.2. The van der Waals surface area contributed by atoms with Crippen LogP contribution in [0.15, 0.2) is 53.4 Å². The topological polar surface area (TPSA) is 114 Å². The third-order valence-electron chi connectivity index (χ3n) is 5.12. The maximum Gasteiger partial charge on any atom is 0.414 e. The third-order valence-corrected chi connectivity index (χ3v) is 6.94. The van der Waals surface area contributed by atoms with Gasteiger partial charge in [-0.15, -0.1) is 0 Å². The van der Waals surface area contributed by atoms with Crippen molar-refractivity contribution in [1.82, 2.24) is 9.21 Å². The number of sulfonamides is 1. The molecular formula is C25H33N3O7S. The van der Waals surface area contributed by atoms with Gasteiger partial charge in [-0.3, -0.25) is 9.69 Å². The van der Waals surface area contributed by atoms with Crippen LogP contribution in [0.4, 0.5) is 10.5 Å². The molecule has 2 aromatic carbocycles. The summed E-state index contributed by atoms with van der Waals surface area (Å²) in [6, 6.07) is 11.2. The molecule has 0 saturated carbocycles. The first kappa shape index (κ1) is 28.8. The molecule has 11 heteroatoms. The molecule has 0 heterocycles. The highest BCUT2D eigenvalue weighted by Crippen LogP contribution is 2.24. The van der Waals surface area contributed by atoms with Crippen LogP contribution in [0, 0.1) is 6.92 Å². The van der Waals surface area contributed by atoms with Crippen LogP contribution in [-0.2, 0) is 24.3 Å². The van der Waals surface area contributed by atoms with Crippen LogP contribution in [0.1, 0.15) is 26.3 Å². The van der Waals surface area contributed by atoms with E-state index >= 15 is 0 Å². The lowest BCUT2D eigenvalue weighted by Gasteiger charge is -2.30. The molecular weight excluding hydrogens is 486 g/mol. The second-order valence-electron chi connectivity index (χ2n) is 8.76. The van der Waals surface area contributed by atoms with E-state index in [4.69, 9.17) is 9.47 Å².